The molecule has 1 aromatic rings. The van der Waals surface area contributed by atoms with Crippen LogP contribution >= 0.6 is 11.6 Å². The van der Waals surface area contributed by atoms with Gasteiger partial charge in [0.2, 0.25) is 6.29 Å². The third kappa shape index (κ3) is 4.43. The van der Waals surface area contributed by atoms with Gasteiger partial charge in [0.05, 0.1) is 5.48 Å². The number of halogens is 1. The van der Waals surface area contributed by atoms with Crippen molar-refractivity contribution in [3.05, 3.63) is 29.2 Å². The number of carbonyl (C=O) groups excluding carboxylic acids is 1. The molecule has 144 valence electrons. The van der Waals surface area contributed by atoms with Crippen molar-refractivity contribution >= 4 is 23.5 Å². The van der Waals surface area contributed by atoms with Crippen molar-refractivity contribution in [1.29, 1.82) is 0 Å². The van der Waals surface area contributed by atoms with Gasteiger partial charge in [0.25, 0.3) is 0 Å². The summed E-state index contributed by atoms with van der Waals surface area (Å²) in [6.45, 7) is 2.29. The zero-order valence-corrected chi connectivity index (χ0v) is 14.4. The Morgan fingerprint density at radius 2 is 1.73 bits per heavy atom. The summed E-state index contributed by atoms with van der Waals surface area (Å²) in [5.41, 5.74) is -1.97. The normalized spacial score (nSPS) is 31.2. The lowest BCUT2D eigenvalue weighted by Crippen LogP contribution is -2.61. The summed E-state index contributed by atoms with van der Waals surface area (Å²) in [6, 6.07) is -2.49. The Hall–Kier alpha value is -1.91. The van der Waals surface area contributed by atoms with Crippen molar-refractivity contribution in [2.24, 2.45) is 0 Å². The molecule has 0 amide bonds. The molecule has 1 heterocycles. The molecule has 9 nitrogen and oxygen atoms in total. The van der Waals surface area contributed by atoms with Crippen LogP contribution in [-0.4, -0.2) is 68.7 Å². The van der Waals surface area contributed by atoms with Gasteiger partial charge in [-0.2, -0.15) is 0 Å². The molecular formula is C16H19ClO9. The number of benzene rings is 1. The van der Waals surface area contributed by atoms with Crippen LogP contribution in [0.2, 0.25) is 5.02 Å². The molecule has 0 spiro atoms. The second kappa shape index (κ2) is 7.77. The van der Waals surface area contributed by atoms with Crippen LogP contribution in [0.15, 0.2) is 24.2 Å². The molecule has 10 heteroatoms. The summed E-state index contributed by atoms with van der Waals surface area (Å²) in [6.07, 6.45) is -9.92. The van der Waals surface area contributed by atoms with Crippen LogP contribution in [0.4, 0.5) is 0 Å². The fourth-order valence-electron chi connectivity index (χ4n) is 2.03. The van der Waals surface area contributed by atoms with Crippen LogP contribution in [0.1, 0.15) is 19.3 Å². The molecule has 5 unspecified atom stereocenters. The van der Waals surface area contributed by atoms with Crippen LogP contribution in [0.3, 0.4) is 0 Å². The molecule has 0 saturated carbocycles. The minimum absolute atomic E-state index is 0.441. The molecule has 0 radical (unpaired) electrons. The van der Waals surface area contributed by atoms with Crippen molar-refractivity contribution in [3.63, 3.8) is 0 Å². The molecule has 5 atom stereocenters. The van der Waals surface area contributed by atoms with Gasteiger partial charge in [0.1, 0.15) is 24.1 Å². The number of hydrogen-bond acceptors (Lipinski definition) is 8. The van der Waals surface area contributed by atoms with Gasteiger partial charge in [-0.3, -0.25) is 0 Å². The molecule has 26 heavy (non-hydrogen) atoms. The van der Waals surface area contributed by atoms with E-state index in [9.17, 15) is 24.9 Å². The number of esters is 1. The van der Waals surface area contributed by atoms with Crippen molar-refractivity contribution in [1.82, 2.24) is 0 Å². The van der Waals surface area contributed by atoms with E-state index in [-0.39, 0.29) is 0 Å². The standard InChI is InChI=1S/C16H19ClO9/c1-16(2,26-8-5-3-7(17)4-6-8)15(23)25-14-11(20)9(18)10(19)12(24-14)13(21)22/h3-6,9-12,14,18-20H,1-2H3,(H,21,22)/i3D,4D,5D,6D. The molecule has 0 bridgehead atoms. The Morgan fingerprint density at radius 3 is 2.27 bits per heavy atom. The lowest BCUT2D eigenvalue weighted by Gasteiger charge is -2.39. The monoisotopic (exact) mass is 394 g/mol. The zero-order chi connectivity index (χ0) is 23.1. The van der Waals surface area contributed by atoms with Crippen LogP contribution in [0.5, 0.6) is 5.75 Å². The topological polar surface area (TPSA) is 143 Å². The highest BCUT2D eigenvalue weighted by Gasteiger charge is 2.49. The first-order valence-electron chi connectivity index (χ1n) is 9.29. The fraction of sp³-hybridized carbons (Fsp3) is 0.500. The maximum atomic E-state index is 12.5. The summed E-state index contributed by atoms with van der Waals surface area (Å²) in [4.78, 5) is 23.7. The number of aliphatic carboxylic acids is 1. The smallest absolute Gasteiger partial charge is 0.352 e. The quantitative estimate of drug-likeness (QED) is 0.504. The first-order valence-corrected chi connectivity index (χ1v) is 7.66. The van der Waals surface area contributed by atoms with Gasteiger partial charge in [-0.25, -0.2) is 9.59 Å². The average molecular weight is 395 g/mol. The maximum Gasteiger partial charge on any atom is 0.352 e. The van der Waals surface area contributed by atoms with E-state index in [1.54, 1.807) is 0 Å². The van der Waals surface area contributed by atoms with Crippen LogP contribution in [0.25, 0.3) is 0 Å². The number of carboxylic acids is 1. The minimum Gasteiger partial charge on any atom is -0.479 e. The molecule has 1 saturated heterocycles. The van der Waals surface area contributed by atoms with Gasteiger partial charge in [-0.15, -0.1) is 0 Å². The van der Waals surface area contributed by atoms with Crippen LogP contribution in [0, 0.1) is 0 Å². The Kier molecular flexibility index (Phi) is 4.53. The molecule has 2 rings (SSSR count). The summed E-state index contributed by atoms with van der Waals surface area (Å²) in [5, 5.41) is 37.9. The molecule has 1 fully saturated rings. The summed E-state index contributed by atoms with van der Waals surface area (Å²) >= 11 is 5.70. The Balaban J connectivity index is 2.26. The van der Waals surface area contributed by atoms with E-state index in [4.69, 9.17) is 36.4 Å². The van der Waals surface area contributed by atoms with E-state index in [1.165, 1.54) is 0 Å². The molecule has 0 aliphatic carbocycles. The highest BCUT2D eigenvalue weighted by Crippen LogP contribution is 2.26. The second-order valence-electron chi connectivity index (χ2n) is 5.90. The largest absolute Gasteiger partial charge is 0.479 e. The van der Waals surface area contributed by atoms with E-state index in [2.05, 4.69) is 0 Å². The number of rotatable bonds is 5. The number of hydrogen-bond donors (Lipinski definition) is 4. The van der Waals surface area contributed by atoms with E-state index in [0.717, 1.165) is 13.8 Å². The number of carbonyl (C=O) groups is 2. The van der Waals surface area contributed by atoms with E-state index in [0.29, 0.717) is 0 Å². The Labute approximate surface area is 159 Å². The minimum atomic E-state index is -1.99. The first-order chi connectivity index (χ1) is 13.7. The lowest BCUT2D eigenvalue weighted by molar-refractivity contribution is -0.289. The predicted octanol–water partition coefficient (Wildman–Crippen LogP) is -0.0672. The first kappa shape index (κ1) is 15.2. The van der Waals surface area contributed by atoms with Crippen LogP contribution in [-0.2, 0) is 19.1 Å². The van der Waals surface area contributed by atoms with E-state index < -0.39 is 83.2 Å². The van der Waals surface area contributed by atoms with Crippen LogP contribution < -0.4 is 4.74 Å². The van der Waals surface area contributed by atoms with E-state index >= 15 is 0 Å². The van der Waals surface area contributed by atoms with Crippen molar-refractivity contribution in [2.75, 3.05) is 0 Å². The van der Waals surface area contributed by atoms with Crippen molar-refractivity contribution in [2.45, 2.75) is 50.2 Å². The van der Waals surface area contributed by atoms with Gasteiger partial charge in [-0.1, -0.05) is 11.6 Å². The highest BCUT2D eigenvalue weighted by molar-refractivity contribution is 6.30. The molecule has 1 aliphatic rings. The van der Waals surface area contributed by atoms with Gasteiger partial charge >= 0.3 is 11.9 Å². The van der Waals surface area contributed by atoms with E-state index in [1.807, 2.05) is 0 Å². The molecule has 0 aromatic heterocycles. The van der Waals surface area contributed by atoms with Gasteiger partial charge < -0.3 is 34.6 Å². The van der Waals surface area contributed by atoms with Gasteiger partial charge in [-0.05, 0) is 38.0 Å². The molecule has 4 N–H and O–H groups in total. The second-order valence-corrected chi connectivity index (χ2v) is 6.27. The fourth-order valence-corrected chi connectivity index (χ4v) is 2.12. The van der Waals surface area contributed by atoms with Gasteiger partial charge in [0, 0.05) is 5.02 Å². The number of ether oxygens (including phenoxy) is 3. The number of aliphatic hydroxyl groups excluding tert-OH is 3. The SMILES string of the molecule is [2H]c1c([2H])c(OC(C)(C)C(=O)OC2OC(C(=O)O)C(O)C(O)C2O)c([2H])c([2H])c1Cl. The number of carboxylic acid groups (broad SMARTS) is 1. The molecule has 1 aliphatic heterocycles. The third-order valence-corrected chi connectivity index (χ3v) is 3.65. The zero-order valence-electron chi connectivity index (χ0n) is 17.6. The van der Waals surface area contributed by atoms with Crippen molar-refractivity contribution in [3.8, 4) is 5.75 Å². The number of aliphatic hydroxyl groups is 3. The summed E-state index contributed by atoms with van der Waals surface area (Å²) in [5.74, 6) is -3.53. The average Bonchev–Trinajstić information content (AvgIpc) is 2.68. The maximum absolute atomic E-state index is 12.5. The Morgan fingerprint density at radius 1 is 1.15 bits per heavy atom. The van der Waals surface area contributed by atoms with Gasteiger partial charge in [0.15, 0.2) is 11.7 Å². The Bertz CT molecular complexity index is 837. The summed E-state index contributed by atoms with van der Waals surface area (Å²) < 4.78 is 46.2. The molecule has 1 aromatic carbocycles. The molecular weight excluding hydrogens is 372 g/mol. The predicted molar refractivity (Wildman–Crippen MR) is 86.6 cm³/mol. The third-order valence-electron chi connectivity index (χ3n) is 3.46. The lowest BCUT2D eigenvalue weighted by atomic mass is 9.99. The highest BCUT2D eigenvalue weighted by atomic mass is 35.5. The van der Waals surface area contributed by atoms with Crippen molar-refractivity contribution < 1.29 is 49.7 Å². The summed E-state index contributed by atoms with van der Waals surface area (Å²) in [7, 11) is 0.